The lowest BCUT2D eigenvalue weighted by molar-refractivity contribution is 0.281. The number of rotatable bonds is 4. The van der Waals surface area contributed by atoms with Crippen LogP contribution >= 0.6 is 0 Å². The molecule has 2 nitrogen and oxygen atoms in total. The Bertz CT molecular complexity index is 942. The first-order valence-electron chi connectivity index (χ1n) is 8.20. The second kappa shape index (κ2) is 6.34. The van der Waals surface area contributed by atoms with Gasteiger partial charge >= 0.3 is 0 Å². The van der Waals surface area contributed by atoms with Crippen molar-refractivity contribution in [1.29, 1.82) is 0 Å². The van der Waals surface area contributed by atoms with Crippen molar-refractivity contribution in [2.45, 2.75) is 5.92 Å². The average Bonchev–Trinajstić information content (AvgIpc) is 3.04. The third-order valence-electron chi connectivity index (χ3n) is 4.54. The van der Waals surface area contributed by atoms with Gasteiger partial charge < -0.3 is 10.1 Å². The van der Waals surface area contributed by atoms with Crippen LogP contribution in [0.4, 0.5) is 0 Å². The number of hydrogen-bond acceptors (Lipinski definition) is 1. The lowest BCUT2D eigenvalue weighted by Gasteiger charge is -2.17. The first-order chi connectivity index (χ1) is 11.9. The van der Waals surface area contributed by atoms with E-state index in [9.17, 15) is 5.11 Å². The molecule has 118 valence electrons. The second-order valence-electron chi connectivity index (χ2n) is 5.97. The van der Waals surface area contributed by atoms with Gasteiger partial charge in [0.05, 0.1) is 12.3 Å². The molecule has 4 aromatic rings. The molecule has 0 bridgehead atoms. The van der Waals surface area contributed by atoms with Gasteiger partial charge in [-0.1, -0.05) is 78.9 Å². The third-order valence-corrected chi connectivity index (χ3v) is 4.54. The van der Waals surface area contributed by atoms with Crippen LogP contribution in [0.1, 0.15) is 17.0 Å². The van der Waals surface area contributed by atoms with E-state index in [0.29, 0.717) is 0 Å². The molecule has 0 spiro atoms. The number of para-hydroxylation sites is 1. The highest BCUT2D eigenvalue weighted by Crippen LogP contribution is 2.38. The second-order valence-corrected chi connectivity index (χ2v) is 5.97. The summed E-state index contributed by atoms with van der Waals surface area (Å²) >= 11 is 0. The number of aliphatic hydroxyl groups is 1. The Morgan fingerprint density at radius 2 is 1.38 bits per heavy atom. The molecular weight excluding hydrogens is 294 g/mol. The lowest BCUT2D eigenvalue weighted by Crippen LogP contribution is -2.07. The highest BCUT2D eigenvalue weighted by Gasteiger charge is 2.22. The summed E-state index contributed by atoms with van der Waals surface area (Å²) in [6.45, 7) is 0.0751. The minimum absolute atomic E-state index is 0.0578. The van der Waals surface area contributed by atoms with Gasteiger partial charge in [-0.15, -0.1) is 0 Å². The smallest absolute Gasteiger partial charge is 0.0541 e. The maximum atomic E-state index is 10.2. The average molecular weight is 313 g/mol. The van der Waals surface area contributed by atoms with Crippen molar-refractivity contribution in [1.82, 2.24) is 4.98 Å². The van der Waals surface area contributed by atoms with Gasteiger partial charge in [-0.2, -0.15) is 0 Å². The summed E-state index contributed by atoms with van der Waals surface area (Å²) in [7, 11) is 0. The fourth-order valence-corrected chi connectivity index (χ4v) is 3.41. The van der Waals surface area contributed by atoms with E-state index in [1.807, 2.05) is 48.5 Å². The summed E-state index contributed by atoms with van der Waals surface area (Å²) in [5.41, 5.74) is 5.60. The molecule has 0 aliphatic carbocycles. The first kappa shape index (κ1) is 14.7. The third kappa shape index (κ3) is 2.51. The van der Waals surface area contributed by atoms with E-state index in [-0.39, 0.29) is 12.5 Å². The summed E-state index contributed by atoms with van der Waals surface area (Å²) in [5.74, 6) is -0.0578. The number of aromatic nitrogens is 1. The Balaban J connectivity index is 1.99. The molecule has 1 atom stereocenters. The van der Waals surface area contributed by atoms with E-state index < -0.39 is 0 Å². The van der Waals surface area contributed by atoms with Crippen molar-refractivity contribution in [3.63, 3.8) is 0 Å². The molecule has 3 aromatic carbocycles. The Morgan fingerprint density at radius 1 is 0.750 bits per heavy atom. The number of fused-ring (bicyclic) bond motifs is 1. The number of aromatic amines is 1. The van der Waals surface area contributed by atoms with Crippen LogP contribution in [0, 0.1) is 0 Å². The van der Waals surface area contributed by atoms with E-state index in [4.69, 9.17) is 0 Å². The van der Waals surface area contributed by atoms with E-state index in [1.165, 1.54) is 5.39 Å². The van der Waals surface area contributed by atoms with Crippen molar-refractivity contribution in [2.24, 2.45) is 0 Å². The molecule has 0 aliphatic heterocycles. The van der Waals surface area contributed by atoms with Crippen molar-refractivity contribution < 1.29 is 5.11 Å². The quantitative estimate of drug-likeness (QED) is 0.549. The molecule has 2 N–H and O–H groups in total. The van der Waals surface area contributed by atoms with Crippen LogP contribution in [0.25, 0.3) is 22.2 Å². The lowest BCUT2D eigenvalue weighted by atomic mass is 9.88. The van der Waals surface area contributed by atoms with E-state index in [0.717, 1.165) is 27.9 Å². The maximum Gasteiger partial charge on any atom is 0.0541 e. The summed E-state index contributed by atoms with van der Waals surface area (Å²) < 4.78 is 0. The van der Waals surface area contributed by atoms with Crippen molar-refractivity contribution in [3.8, 4) is 11.3 Å². The zero-order valence-electron chi connectivity index (χ0n) is 13.3. The molecule has 0 radical (unpaired) electrons. The molecule has 1 aromatic heterocycles. The van der Waals surface area contributed by atoms with Gasteiger partial charge in [0.1, 0.15) is 0 Å². The molecule has 4 rings (SSSR count). The van der Waals surface area contributed by atoms with Crippen LogP contribution in [0.15, 0.2) is 84.9 Å². The van der Waals surface area contributed by atoms with Crippen molar-refractivity contribution in [3.05, 3.63) is 96.1 Å². The van der Waals surface area contributed by atoms with Gasteiger partial charge in [0.15, 0.2) is 0 Å². The minimum Gasteiger partial charge on any atom is -0.395 e. The van der Waals surface area contributed by atoms with Gasteiger partial charge in [0.2, 0.25) is 0 Å². The monoisotopic (exact) mass is 313 g/mol. The Morgan fingerprint density at radius 3 is 2.08 bits per heavy atom. The summed E-state index contributed by atoms with van der Waals surface area (Å²) in [4.78, 5) is 3.55. The molecule has 0 amide bonds. The fourth-order valence-electron chi connectivity index (χ4n) is 3.41. The normalized spacial score (nSPS) is 12.4. The highest BCUT2D eigenvalue weighted by atomic mass is 16.3. The van der Waals surface area contributed by atoms with Crippen molar-refractivity contribution >= 4 is 10.9 Å². The van der Waals surface area contributed by atoms with Crippen LogP contribution in [0.5, 0.6) is 0 Å². The molecule has 24 heavy (non-hydrogen) atoms. The number of nitrogens with one attached hydrogen (secondary N) is 1. The molecule has 0 aliphatic rings. The fraction of sp³-hybridized carbons (Fsp3) is 0.0909. The van der Waals surface area contributed by atoms with Gasteiger partial charge in [-0.25, -0.2) is 0 Å². The Labute approximate surface area is 141 Å². The summed E-state index contributed by atoms with van der Waals surface area (Å²) in [6.07, 6.45) is 0. The van der Waals surface area contributed by atoms with Crippen LogP contribution in [-0.2, 0) is 0 Å². The molecule has 1 heterocycles. The SMILES string of the molecule is OCC(c1ccccc1)c1c(-c2ccccc2)[nH]c2ccccc12. The van der Waals surface area contributed by atoms with Gasteiger partial charge in [0, 0.05) is 16.8 Å². The van der Waals surface area contributed by atoms with Crippen LogP contribution < -0.4 is 0 Å². The predicted octanol–water partition coefficient (Wildman–Crippen LogP) is 4.96. The molecular formula is C22H19NO. The van der Waals surface area contributed by atoms with Gasteiger partial charge in [-0.3, -0.25) is 0 Å². The van der Waals surface area contributed by atoms with Crippen LogP contribution in [0.3, 0.4) is 0 Å². The zero-order chi connectivity index (χ0) is 16.4. The summed E-state index contributed by atoms with van der Waals surface area (Å²) in [6, 6.07) is 28.8. The molecule has 0 saturated heterocycles. The van der Waals surface area contributed by atoms with E-state index in [1.54, 1.807) is 0 Å². The minimum atomic E-state index is -0.0578. The summed E-state index contributed by atoms with van der Waals surface area (Å²) in [5, 5.41) is 11.3. The maximum absolute atomic E-state index is 10.2. The molecule has 0 fully saturated rings. The van der Waals surface area contributed by atoms with Gasteiger partial charge in [-0.05, 0) is 22.8 Å². The Hall–Kier alpha value is -2.84. The largest absolute Gasteiger partial charge is 0.395 e. The zero-order valence-corrected chi connectivity index (χ0v) is 13.3. The van der Waals surface area contributed by atoms with Crippen LogP contribution in [0.2, 0.25) is 0 Å². The standard InChI is InChI=1S/C22H19NO/c24-15-19(16-9-3-1-4-10-16)21-18-13-7-8-14-20(18)23-22(21)17-11-5-2-6-12-17/h1-14,19,23-24H,15H2. The topological polar surface area (TPSA) is 36.0 Å². The first-order valence-corrected chi connectivity index (χ1v) is 8.20. The van der Waals surface area contributed by atoms with Gasteiger partial charge in [0.25, 0.3) is 0 Å². The van der Waals surface area contributed by atoms with Crippen molar-refractivity contribution in [2.75, 3.05) is 6.61 Å². The number of hydrogen-bond donors (Lipinski definition) is 2. The number of benzene rings is 3. The Kier molecular flexibility index (Phi) is 3.89. The van der Waals surface area contributed by atoms with E-state index in [2.05, 4.69) is 41.4 Å². The highest BCUT2D eigenvalue weighted by molar-refractivity contribution is 5.92. The molecule has 2 heteroatoms. The molecule has 1 unspecified atom stereocenters. The van der Waals surface area contributed by atoms with Crippen LogP contribution in [-0.4, -0.2) is 16.7 Å². The van der Waals surface area contributed by atoms with E-state index >= 15 is 0 Å². The number of aliphatic hydroxyl groups excluding tert-OH is 1. The predicted molar refractivity (Wildman–Crippen MR) is 99.1 cm³/mol. The number of H-pyrrole nitrogens is 1. The molecule has 0 saturated carbocycles.